The van der Waals surface area contributed by atoms with Gasteiger partial charge in [-0.2, -0.15) is 5.10 Å². The van der Waals surface area contributed by atoms with Crippen LogP contribution in [0.1, 0.15) is 21.5 Å². The van der Waals surface area contributed by atoms with E-state index in [1.54, 1.807) is 43.3 Å². The van der Waals surface area contributed by atoms with Gasteiger partial charge < -0.3 is 10.2 Å². The summed E-state index contributed by atoms with van der Waals surface area (Å²) in [4.78, 5) is 38.4. The van der Waals surface area contributed by atoms with Gasteiger partial charge in [0, 0.05) is 0 Å². The van der Waals surface area contributed by atoms with Crippen LogP contribution in [0.2, 0.25) is 0 Å². The molecule has 1 aromatic heterocycles. The molecule has 0 fully saturated rings. The molecule has 3 aromatic rings. The van der Waals surface area contributed by atoms with Crippen molar-refractivity contribution < 1.29 is 15.0 Å². The number of hydrogen-bond acceptors (Lipinski definition) is 6. The van der Waals surface area contributed by atoms with E-state index >= 15 is 0 Å². The Hall–Kier alpha value is -4.14. The second kappa shape index (κ2) is 7.62. The van der Waals surface area contributed by atoms with E-state index in [1.165, 1.54) is 12.1 Å². The quantitative estimate of drug-likeness (QED) is 0.395. The largest absolute Gasteiger partial charge is 0.507 e. The van der Waals surface area contributed by atoms with E-state index in [2.05, 4.69) is 15.5 Å². The molecule has 28 heavy (non-hydrogen) atoms. The first kappa shape index (κ1) is 18.6. The van der Waals surface area contributed by atoms with Gasteiger partial charge in [-0.25, -0.2) is 14.8 Å². The van der Waals surface area contributed by atoms with Gasteiger partial charge in [0.15, 0.2) is 0 Å². The molecule has 9 nitrogen and oxygen atoms in total. The lowest BCUT2D eigenvalue weighted by atomic mass is 10.2. The van der Waals surface area contributed by atoms with Gasteiger partial charge in [-0.1, -0.05) is 30.3 Å². The zero-order valence-electron chi connectivity index (χ0n) is 14.7. The second-order valence-electron chi connectivity index (χ2n) is 5.83. The number of phenolic OH excluding ortho intramolecular Hbond substituents is 1. The maximum Gasteiger partial charge on any atom is 0.335 e. The molecule has 1 heterocycles. The van der Waals surface area contributed by atoms with Crippen molar-refractivity contribution in [2.45, 2.75) is 6.92 Å². The van der Waals surface area contributed by atoms with E-state index in [0.29, 0.717) is 11.3 Å². The molecule has 0 unspecified atom stereocenters. The monoisotopic (exact) mass is 380 g/mol. The number of nitrogens with zero attached hydrogens (tertiary/aromatic N) is 2. The molecule has 0 saturated carbocycles. The average molecular weight is 380 g/mol. The number of aryl methyl sites for hydroxylation is 1. The molecular formula is C19H16N4O5. The van der Waals surface area contributed by atoms with E-state index in [9.17, 15) is 24.6 Å². The predicted molar refractivity (Wildman–Crippen MR) is 102 cm³/mol. The van der Waals surface area contributed by atoms with Gasteiger partial charge in [0.1, 0.15) is 11.3 Å². The van der Waals surface area contributed by atoms with E-state index in [0.717, 1.165) is 10.8 Å². The molecule has 9 heteroatoms. The highest BCUT2D eigenvalue weighted by Gasteiger charge is 2.15. The number of H-pyrrole nitrogens is 1. The Balaban J connectivity index is 1.96. The standard InChI is InChI=1S/C19H16N4O5/c1-11-6-2-4-8-14(11)23-18(27)13(16(25)21-19(23)28)10-20-22-17(26)12-7-3-5-9-15(12)24/h2-10,24,27H,1H3,(H,22,26)(H,21,25,28). The lowest BCUT2D eigenvalue weighted by molar-refractivity contribution is 0.0952. The van der Waals surface area contributed by atoms with E-state index in [1.807, 2.05) is 0 Å². The smallest absolute Gasteiger partial charge is 0.335 e. The highest BCUT2D eigenvalue weighted by atomic mass is 16.3. The van der Waals surface area contributed by atoms with Gasteiger partial charge in [0.2, 0.25) is 5.88 Å². The Labute approximate surface area is 158 Å². The number of carbonyl (C=O) groups excluding carboxylic acids is 1. The number of hydrazone groups is 1. The molecule has 0 saturated heterocycles. The minimum Gasteiger partial charge on any atom is -0.507 e. The maximum absolute atomic E-state index is 12.2. The van der Waals surface area contributed by atoms with Crippen molar-refractivity contribution >= 4 is 12.1 Å². The van der Waals surface area contributed by atoms with Crippen LogP contribution in [0.25, 0.3) is 5.69 Å². The minimum absolute atomic E-state index is 0.0114. The summed E-state index contributed by atoms with van der Waals surface area (Å²) in [6.07, 6.45) is 0.917. The van der Waals surface area contributed by atoms with Crippen molar-refractivity contribution in [3.63, 3.8) is 0 Å². The molecule has 0 spiro atoms. The SMILES string of the molecule is Cc1ccccc1-n1c(O)c(C=NNC(=O)c2ccccc2O)c(=O)[nH]c1=O. The summed E-state index contributed by atoms with van der Waals surface area (Å²) in [7, 11) is 0. The topological polar surface area (TPSA) is 137 Å². The summed E-state index contributed by atoms with van der Waals surface area (Å²) in [5.74, 6) is -1.56. The van der Waals surface area contributed by atoms with Crippen molar-refractivity contribution in [1.82, 2.24) is 15.0 Å². The lowest BCUT2D eigenvalue weighted by Crippen LogP contribution is -2.32. The first-order valence-electron chi connectivity index (χ1n) is 8.16. The Morgan fingerprint density at radius 2 is 1.79 bits per heavy atom. The number of amides is 1. The molecule has 3 rings (SSSR count). The molecule has 4 N–H and O–H groups in total. The Morgan fingerprint density at radius 3 is 2.50 bits per heavy atom. The summed E-state index contributed by atoms with van der Waals surface area (Å²) in [6, 6.07) is 12.6. The van der Waals surface area contributed by atoms with Crippen LogP contribution in [-0.4, -0.2) is 31.9 Å². The number of aromatic nitrogens is 2. The first-order valence-corrected chi connectivity index (χ1v) is 8.16. The van der Waals surface area contributed by atoms with Crippen LogP contribution in [0.4, 0.5) is 0 Å². The number of aromatic hydroxyl groups is 2. The third kappa shape index (κ3) is 3.54. The van der Waals surface area contributed by atoms with Crippen molar-refractivity contribution in [3.8, 4) is 17.3 Å². The molecule has 2 aromatic carbocycles. The molecular weight excluding hydrogens is 364 g/mol. The third-order valence-corrected chi connectivity index (χ3v) is 3.99. The number of benzene rings is 2. The van der Waals surface area contributed by atoms with Gasteiger partial charge in [-0.05, 0) is 30.7 Å². The lowest BCUT2D eigenvalue weighted by Gasteiger charge is -2.11. The van der Waals surface area contributed by atoms with Crippen LogP contribution in [0.5, 0.6) is 11.6 Å². The average Bonchev–Trinajstić information content (AvgIpc) is 2.66. The number of nitrogens with one attached hydrogen (secondary N) is 2. The Morgan fingerprint density at radius 1 is 1.11 bits per heavy atom. The predicted octanol–water partition coefficient (Wildman–Crippen LogP) is 1.01. The fourth-order valence-electron chi connectivity index (χ4n) is 2.57. The highest BCUT2D eigenvalue weighted by Crippen LogP contribution is 2.18. The highest BCUT2D eigenvalue weighted by molar-refractivity contribution is 5.97. The summed E-state index contributed by atoms with van der Waals surface area (Å²) in [5.41, 5.74) is 1.22. The van der Waals surface area contributed by atoms with Crippen molar-refractivity contribution in [1.29, 1.82) is 0 Å². The maximum atomic E-state index is 12.2. The van der Waals surface area contributed by atoms with Crippen LogP contribution >= 0.6 is 0 Å². The van der Waals surface area contributed by atoms with E-state index in [-0.39, 0.29) is 16.9 Å². The molecule has 0 atom stereocenters. The van der Waals surface area contributed by atoms with Gasteiger partial charge in [-0.15, -0.1) is 0 Å². The first-order chi connectivity index (χ1) is 13.4. The zero-order valence-corrected chi connectivity index (χ0v) is 14.7. The number of rotatable bonds is 4. The van der Waals surface area contributed by atoms with Crippen molar-refractivity contribution in [3.05, 3.63) is 86.1 Å². The van der Waals surface area contributed by atoms with E-state index in [4.69, 9.17) is 0 Å². The van der Waals surface area contributed by atoms with Crippen molar-refractivity contribution in [2.24, 2.45) is 5.10 Å². The fraction of sp³-hybridized carbons (Fsp3) is 0.0526. The molecule has 0 aliphatic carbocycles. The second-order valence-corrected chi connectivity index (χ2v) is 5.83. The van der Waals surface area contributed by atoms with Crippen LogP contribution in [-0.2, 0) is 0 Å². The normalized spacial score (nSPS) is 10.9. The number of phenols is 1. The van der Waals surface area contributed by atoms with Crippen LogP contribution < -0.4 is 16.7 Å². The Kier molecular flexibility index (Phi) is 5.07. The molecule has 0 aliphatic heterocycles. The number of aromatic amines is 1. The summed E-state index contributed by atoms with van der Waals surface area (Å²) >= 11 is 0. The van der Waals surface area contributed by atoms with Gasteiger partial charge >= 0.3 is 5.69 Å². The summed E-state index contributed by atoms with van der Waals surface area (Å²) in [6.45, 7) is 1.74. The molecule has 0 radical (unpaired) electrons. The van der Waals surface area contributed by atoms with Gasteiger partial charge in [0.25, 0.3) is 11.5 Å². The molecule has 1 amide bonds. The van der Waals surface area contributed by atoms with E-state index < -0.39 is 23.0 Å². The van der Waals surface area contributed by atoms with Crippen LogP contribution in [0, 0.1) is 6.92 Å². The third-order valence-electron chi connectivity index (χ3n) is 3.99. The number of para-hydroxylation sites is 2. The molecule has 0 aliphatic rings. The van der Waals surface area contributed by atoms with Crippen LogP contribution in [0.15, 0.2) is 63.2 Å². The summed E-state index contributed by atoms with van der Waals surface area (Å²) < 4.78 is 0.933. The van der Waals surface area contributed by atoms with Gasteiger partial charge in [-0.3, -0.25) is 14.6 Å². The Bertz CT molecular complexity index is 1190. The van der Waals surface area contributed by atoms with Gasteiger partial charge in [0.05, 0.1) is 17.5 Å². The van der Waals surface area contributed by atoms with Crippen molar-refractivity contribution in [2.75, 3.05) is 0 Å². The number of hydrogen-bond donors (Lipinski definition) is 4. The molecule has 0 bridgehead atoms. The molecule has 142 valence electrons. The fourth-order valence-corrected chi connectivity index (χ4v) is 2.57. The summed E-state index contributed by atoms with van der Waals surface area (Å²) in [5, 5.41) is 23.7. The zero-order chi connectivity index (χ0) is 20.3. The van der Waals surface area contributed by atoms with Crippen LogP contribution in [0.3, 0.4) is 0 Å². The number of carbonyl (C=O) groups is 1. The minimum atomic E-state index is -0.868.